The van der Waals surface area contributed by atoms with Crippen molar-refractivity contribution in [1.82, 2.24) is 0 Å². The molecule has 0 fully saturated rings. The predicted octanol–water partition coefficient (Wildman–Crippen LogP) is 10.0. The number of benzene rings is 3. The first-order valence-electron chi connectivity index (χ1n) is 11.1. The first-order valence-corrected chi connectivity index (χ1v) is 12.3. The van der Waals surface area contributed by atoms with Gasteiger partial charge in [0.15, 0.2) is 0 Å². The van der Waals surface area contributed by atoms with Gasteiger partial charge >= 0.3 is 0 Å². The third kappa shape index (κ3) is 4.74. The van der Waals surface area contributed by atoms with Crippen LogP contribution in [0.25, 0.3) is 0 Å². The number of rotatable bonds is 5. The second-order valence-corrected chi connectivity index (χ2v) is 11.6. The Balaban J connectivity index is 2.08. The van der Waals surface area contributed by atoms with E-state index in [1.54, 1.807) is 6.07 Å². The molecule has 0 saturated heterocycles. The van der Waals surface area contributed by atoms with Crippen LogP contribution in [-0.4, -0.2) is 0 Å². The van der Waals surface area contributed by atoms with E-state index in [4.69, 9.17) is 34.8 Å². The summed E-state index contributed by atoms with van der Waals surface area (Å²) in [6.45, 7) is 17.8. The van der Waals surface area contributed by atoms with Gasteiger partial charge in [-0.1, -0.05) is 101 Å². The maximum atomic E-state index is 6.92. The maximum Gasteiger partial charge on any atom is 0.0449 e. The van der Waals surface area contributed by atoms with Crippen molar-refractivity contribution in [3.05, 3.63) is 103 Å². The van der Waals surface area contributed by atoms with Gasteiger partial charge in [-0.25, -0.2) is 0 Å². The summed E-state index contributed by atoms with van der Waals surface area (Å²) < 4.78 is 0. The van der Waals surface area contributed by atoms with Crippen molar-refractivity contribution >= 4 is 34.8 Å². The molecule has 0 aliphatic carbocycles. The zero-order valence-corrected chi connectivity index (χ0v) is 22.6. The molecule has 0 amide bonds. The summed E-state index contributed by atoms with van der Waals surface area (Å²) >= 11 is 19.5. The van der Waals surface area contributed by atoms with Gasteiger partial charge < -0.3 is 0 Å². The van der Waals surface area contributed by atoms with E-state index < -0.39 is 0 Å². The van der Waals surface area contributed by atoms with Gasteiger partial charge in [0.25, 0.3) is 0 Å². The number of hydrogen-bond acceptors (Lipinski definition) is 0. The highest BCUT2D eigenvalue weighted by Gasteiger charge is 2.31. The maximum absolute atomic E-state index is 6.92. The van der Waals surface area contributed by atoms with E-state index in [9.17, 15) is 0 Å². The Kier molecular flexibility index (Phi) is 7.12. The van der Waals surface area contributed by atoms with Crippen molar-refractivity contribution in [3.63, 3.8) is 0 Å². The molecule has 3 aromatic carbocycles. The zero-order chi connectivity index (χ0) is 24.0. The molecule has 0 heterocycles. The van der Waals surface area contributed by atoms with Crippen molar-refractivity contribution in [2.75, 3.05) is 0 Å². The average Bonchev–Trinajstić information content (AvgIpc) is 2.66. The largest absolute Gasteiger partial charge is 0.0843 e. The highest BCUT2D eigenvalue weighted by molar-refractivity contribution is 6.34. The molecular weight excluding hydrogens is 455 g/mol. The Morgan fingerprint density at radius 2 is 1.19 bits per heavy atom. The smallest absolute Gasteiger partial charge is 0.0449 e. The number of aryl methyl sites for hydroxylation is 2. The van der Waals surface area contributed by atoms with Gasteiger partial charge in [-0.15, -0.1) is 0 Å². The fourth-order valence-corrected chi connectivity index (χ4v) is 5.88. The average molecular weight is 488 g/mol. The number of halogens is 3. The highest BCUT2D eigenvalue weighted by Crippen LogP contribution is 2.42. The van der Waals surface area contributed by atoms with Crippen molar-refractivity contribution in [2.24, 2.45) is 0 Å². The van der Waals surface area contributed by atoms with Crippen molar-refractivity contribution in [2.45, 2.75) is 72.1 Å². The summed E-state index contributed by atoms with van der Waals surface area (Å²) in [5, 5.41) is 2.02. The minimum absolute atomic E-state index is 0.171. The molecular formula is C29H33Cl3. The first kappa shape index (κ1) is 25.2. The van der Waals surface area contributed by atoms with E-state index in [0.717, 1.165) is 16.1 Å². The van der Waals surface area contributed by atoms with Gasteiger partial charge in [-0.05, 0) is 83.0 Å². The molecule has 0 atom stereocenters. The fraction of sp³-hybridized carbons (Fsp3) is 0.379. The monoisotopic (exact) mass is 486 g/mol. The SMILES string of the molecule is Cc1cc(C(C)C)cc(C)c1C(C)(C)c1ccc(C(C)(C)c2cc(Cl)cc(Cl)c2)c(Cl)c1. The molecule has 0 saturated carbocycles. The second-order valence-electron chi connectivity index (χ2n) is 10.3. The lowest BCUT2D eigenvalue weighted by atomic mass is 9.72. The van der Waals surface area contributed by atoms with Gasteiger partial charge in [0.2, 0.25) is 0 Å². The summed E-state index contributed by atoms with van der Waals surface area (Å²) in [6, 6.07) is 16.8. The summed E-state index contributed by atoms with van der Waals surface area (Å²) in [6.07, 6.45) is 0. The molecule has 32 heavy (non-hydrogen) atoms. The van der Waals surface area contributed by atoms with Crippen molar-refractivity contribution in [1.29, 1.82) is 0 Å². The van der Waals surface area contributed by atoms with Crippen LogP contribution in [0.2, 0.25) is 15.1 Å². The molecule has 0 bridgehead atoms. The molecule has 0 unspecified atom stereocenters. The molecule has 3 heteroatoms. The normalized spacial score (nSPS) is 12.5. The third-order valence-corrected chi connectivity index (χ3v) is 7.54. The molecule has 0 aromatic heterocycles. The van der Waals surface area contributed by atoms with Crippen LogP contribution in [0.3, 0.4) is 0 Å². The topological polar surface area (TPSA) is 0 Å². The Labute approximate surface area is 208 Å². The van der Waals surface area contributed by atoms with E-state index in [2.05, 4.69) is 85.7 Å². The minimum Gasteiger partial charge on any atom is -0.0843 e. The molecule has 0 nitrogen and oxygen atoms in total. The van der Waals surface area contributed by atoms with Crippen molar-refractivity contribution in [3.8, 4) is 0 Å². The lowest BCUT2D eigenvalue weighted by Crippen LogP contribution is -2.24. The molecule has 0 aliphatic rings. The molecule has 0 N–H and O–H groups in total. The van der Waals surface area contributed by atoms with Crippen LogP contribution in [0.5, 0.6) is 0 Å². The predicted molar refractivity (Wildman–Crippen MR) is 142 cm³/mol. The quantitative estimate of drug-likeness (QED) is 0.336. The fourth-order valence-electron chi connectivity index (χ4n) is 4.94. The van der Waals surface area contributed by atoms with Crippen LogP contribution in [-0.2, 0) is 10.8 Å². The van der Waals surface area contributed by atoms with Gasteiger partial charge in [-0.3, -0.25) is 0 Å². The van der Waals surface area contributed by atoms with Crippen LogP contribution >= 0.6 is 34.8 Å². The van der Waals surface area contributed by atoms with Crippen LogP contribution < -0.4 is 0 Å². The second kappa shape index (κ2) is 9.05. The van der Waals surface area contributed by atoms with Gasteiger partial charge in [-0.2, -0.15) is 0 Å². The van der Waals surface area contributed by atoms with Gasteiger partial charge in [0.1, 0.15) is 0 Å². The number of hydrogen-bond donors (Lipinski definition) is 0. The van der Waals surface area contributed by atoms with E-state index in [0.29, 0.717) is 16.0 Å². The summed E-state index contributed by atoms with van der Waals surface area (Å²) in [5.74, 6) is 0.514. The Hall–Kier alpha value is -1.47. The molecule has 170 valence electrons. The molecule has 0 aliphatic heterocycles. The Morgan fingerprint density at radius 3 is 1.66 bits per heavy atom. The van der Waals surface area contributed by atoms with E-state index in [1.165, 1.54) is 27.8 Å². The van der Waals surface area contributed by atoms with E-state index >= 15 is 0 Å². The van der Waals surface area contributed by atoms with Crippen LogP contribution in [0.15, 0.2) is 48.5 Å². The van der Waals surface area contributed by atoms with Gasteiger partial charge in [0.05, 0.1) is 0 Å². The van der Waals surface area contributed by atoms with E-state index in [1.807, 2.05) is 12.1 Å². The summed E-state index contributed by atoms with van der Waals surface area (Å²) in [7, 11) is 0. The van der Waals surface area contributed by atoms with Gasteiger partial charge in [0, 0.05) is 25.9 Å². The molecule has 0 spiro atoms. The third-order valence-electron chi connectivity index (χ3n) is 6.80. The van der Waals surface area contributed by atoms with Crippen molar-refractivity contribution < 1.29 is 0 Å². The standard InChI is InChI=1S/C29H33Cl3/c1-17(2)20-11-18(3)27(19(4)12-20)29(7,8)21-9-10-25(26(32)15-21)28(5,6)22-13-23(30)16-24(31)14-22/h9-17H,1-8H3. The minimum atomic E-state index is -0.334. The lowest BCUT2D eigenvalue weighted by Gasteiger charge is -2.33. The van der Waals surface area contributed by atoms with Crippen LogP contribution in [0, 0.1) is 13.8 Å². The lowest BCUT2D eigenvalue weighted by molar-refractivity contribution is 0.620. The summed E-state index contributed by atoms with van der Waals surface area (Å²) in [5.41, 5.74) is 8.20. The van der Waals surface area contributed by atoms with Crippen LogP contribution in [0.4, 0.5) is 0 Å². The zero-order valence-electron chi connectivity index (χ0n) is 20.3. The highest BCUT2D eigenvalue weighted by atomic mass is 35.5. The molecule has 3 aromatic rings. The summed E-state index contributed by atoms with van der Waals surface area (Å²) in [4.78, 5) is 0. The Bertz CT molecular complexity index is 1110. The van der Waals surface area contributed by atoms with Crippen LogP contribution in [0.1, 0.15) is 86.4 Å². The van der Waals surface area contributed by atoms with E-state index in [-0.39, 0.29) is 10.8 Å². The first-order chi connectivity index (χ1) is 14.7. The molecule has 3 rings (SSSR count). The Morgan fingerprint density at radius 1 is 0.656 bits per heavy atom. The molecule has 0 radical (unpaired) electrons.